The monoisotopic (exact) mass is 322 g/mol. The molecule has 126 valence electrons. The van der Waals surface area contributed by atoms with Gasteiger partial charge in [0.15, 0.2) is 0 Å². The second kappa shape index (κ2) is 8.59. The summed E-state index contributed by atoms with van der Waals surface area (Å²) in [4.78, 5) is 28.7. The standard InChI is InChI=1S/C16H22N2O5/c1-22-4-5-23-11-15(19)18-3-2-12(10-18)6-13-7-14(16(20)21)9-17-8-13/h7-9,12H,2-6,10-11H2,1H3,(H,20,21). The maximum absolute atomic E-state index is 12.0. The van der Waals surface area contributed by atoms with E-state index in [1.165, 1.54) is 6.20 Å². The summed E-state index contributed by atoms with van der Waals surface area (Å²) < 4.78 is 10.1. The molecule has 7 heteroatoms. The molecular formula is C16H22N2O5. The van der Waals surface area contributed by atoms with E-state index in [2.05, 4.69) is 4.98 Å². The van der Waals surface area contributed by atoms with E-state index in [0.717, 1.165) is 18.4 Å². The molecule has 1 fully saturated rings. The van der Waals surface area contributed by atoms with Crippen molar-refractivity contribution in [2.45, 2.75) is 12.8 Å². The average Bonchev–Trinajstić information content (AvgIpc) is 3.00. The Morgan fingerprint density at radius 1 is 1.39 bits per heavy atom. The van der Waals surface area contributed by atoms with Gasteiger partial charge in [0.05, 0.1) is 18.8 Å². The van der Waals surface area contributed by atoms with Crippen LogP contribution in [-0.2, 0) is 20.7 Å². The number of rotatable bonds is 8. The van der Waals surface area contributed by atoms with Crippen molar-refractivity contribution in [3.63, 3.8) is 0 Å². The maximum Gasteiger partial charge on any atom is 0.337 e. The zero-order chi connectivity index (χ0) is 16.7. The van der Waals surface area contributed by atoms with Crippen LogP contribution in [0.2, 0.25) is 0 Å². The lowest BCUT2D eigenvalue weighted by Gasteiger charge is -2.16. The summed E-state index contributed by atoms with van der Waals surface area (Å²) in [5.41, 5.74) is 1.08. The third-order valence-corrected chi connectivity index (χ3v) is 3.86. The number of amides is 1. The highest BCUT2D eigenvalue weighted by molar-refractivity contribution is 5.87. The number of nitrogens with zero attached hydrogens (tertiary/aromatic N) is 2. The van der Waals surface area contributed by atoms with Crippen molar-refractivity contribution in [1.82, 2.24) is 9.88 Å². The van der Waals surface area contributed by atoms with Crippen LogP contribution in [0.4, 0.5) is 0 Å². The van der Waals surface area contributed by atoms with E-state index in [1.807, 2.05) is 0 Å². The summed E-state index contributed by atoms with van der Waals surface area (Å²) in [6.45, 7) is 2.34. The van der Waals surface area contributed by atoms with Crippen molar-refractivity contribution < 1.29 is 24.2 Å². The van der Waals surface area contributed by atoms with E-state index in [9.17, 15) is 9.59 Å². The lowest BCUT2D eigenvalue weighted by molar-refractivity contribution is -0.135. The topological polar surface area (TPSA) is 89.0 Å². The first-order valence-corrected chi connectivity index (χ1v) is 7.62. The molecular weight excluding hydrogens is 300 g/mol. The summed E-state index contributed by atoms with van der Waals surface area (Å²) in [5.74, 6) is -0.666. The number of aromatic nitrogens is 1. The number of hydrogen-bond donors (Lipinski definition) is 1. The first kappa shape index (κ1) is 17.4. The Labute approximate surface area is 135 Å². The molecule has 0 aromatic carbocycles. The van der Waals surface area contributed by atoms with Gasteiger partial charge in [0.2, 0.25) is 5.91 Å². The van der Waals surface area contributed by atoms with E-state index in [1.54, 1.807) is 24.3 Å². The predicted molar refractivity (Wildman–Crippen MR) is 82.3 cm³/mol. The van der Waals surface area contributed by atoms with Gasteiger partial charge < -0.3 is 19.5 Å². The first-order chi connectivity index (χ1) is 11.1. The maximum atomic E-state index is 12.0. The van der Waals surface area contributed by atoms with Crippen LogP contribution < -0.4 is 0 Å². The minimum atomic E-state index is -0.976. The zero-order valence-corrected chi connectivity index (χ0v) is 13.2. The van der Waals surface area contributed by atoms with Crippen molar-refractivity contribution in [3.05, 3.63) is 29.6 Å². The van der Waals surface area contributed by atoms with Crippen LogP contribution >= 0.6 is 0 Å². The van der Waals surface area contributed by atoms with Crippen LogP contribution in [0.25, 0.3) is 0 Å². The average molecular weight is 322 g/mol. The lowest BCUT2D eigenvalue weighted by atomic mass is 9.99. The quantitative estimate of drug-likeness (QED) is 0.713. The van der Waals surface area contributed by atoms with Crippen LogP contribution in [-0.4, -0.2) is 66.9 Å². The fraction of sp³-hybridized carbons (Fsp3) is 0.562. The molecule has 1 N–H and O–H groups in total. The predicted octanol–water partition coefficient (Wildman–Crippen LogP) is 0.834. The fourth-order valence-electron chi connectivity index (χ4n) is 2.67. The van der Waals surface area contributed by atoms with E-state index < -0.39 is 5.97 Å². The molecule has 2 heterocycles. The summed E-state index contributed by atoms with van der Waals surface area (Å²) in [6.07, 6.45) is 4.65. The molecule has 1 unspecified atom stereocenters. The highest BCUT2D eigenvalue weighted by atomic mass is 16.5. The Morgan fingerprint density at radius 3 is 2.96 bits per heavy atom. The minimum absolute atomic E-state index is 0.0129. The Morgan fingerprint density at radius 2 is 2.22 bits per heavy atom. The molecule has 1 aromatic heterocycles. The largest absolute Gasteiger partial charge is 0.478 e. The van der Waals surface area contributed by atoms with Crippen LogP contribution in [0.1, 0.15) is 22.3 Å². The molecule has 0 radical (unpaired) electrons. The van der Waals surface area contributed by atoms with Crippen molar-refractivity contribution in [2.24, 2.45) is 5.92 Å². The normalized spacial score (nSPS) is 17.4. The molecule has 1 amide bonds. The lowest BCUT2D eigenvalue weighted by Crippen LogP contribution is -2.32. The Hall–Kier alpha value is -1.99. The van der Waals surface area contributed by atoms with Crippen molar-refractivity contribution in [3.8, 4) is 0 Å². The van der Waals surface area contributed by atoms with Crippen molar-refractivity contribution in [2.75, 3.05) is 40.0 Å². The highest BCUT2D eigenvalue weighted by Crippen LogP contribution is 2.21. The number of carbonyl (C=O) groups is 2. The van der Waals surface area contributed by atoms with E-state index in [0.29, 0.717) is 32.2 Å². The number of carboxylic acid groups (broad SMARTS) is 1. The molecule has 23 heavy (non-hydrogen) atoms. The number of pyridine rings is 1. The summed E-state index contributed by atoms with van der Waals surface area (Å²) in [5, 5.41) is 8.99. The van der Waals surface area contributed by atoms with E-state index in [-0.39, 0.29) is 18.1 Å². The van der Waals surface area contributed by atoms with Gasteiger partial charge in [-0.25, -0.2) is 4.79 Å². The molecule has 2 rings (SSSR count). The Balaban J connectivity index is 1.80. The van der Waals surface area contributed by atoms with Gasteiger partial charge in [-0.1, -0.05) is 0 Å². The van der Waals surface area contributed by atoms with E-state index in [4.69, 9.17) is 14.6 Å². The number of aromatic carboxylic acids is 1. The highest BCUT2D eigenvalue weighted by Gasteiger charge is 2.26. The summed E-state index contributed by atoms with van der Waals surface area (Å²) in [6, 6.07) is 1.65. The number of hydrogen-bond acceptors (Lipinski definition) is 5. The number of carbonyl (C=O) groups excluding carboxylic acids is 1. The summed E-state index contributed by atoms with van der Waals surface area (Å²) >= 11 is 0. The molecule has 1 atom stereocenters. The third-order valence-electron chi connectivity index (χ3n) is 3.86. The third kappa shape index (κ3) is 5.30. The SMILES string of the molecule is COCCOCC(=O)N1CCC(Cc2cncc(C(=O)O)c2)C1. The van der Waals surface area contributed by atoms with Crippen LogP contribution in [0.15, 0.2) is 18.5 Å². The van der Waals surface area contributed by atoms with Gasteiger partial charge in [0.1, 0.15) is 6.61 Å². The van der Waals surface area contributed by atoms with Gasteiger partial charge >= 0.3 is 5.97 Å². The number of carboxylic acids is 1. The fourth-order valence-corrected chi connectivity index (χ4v) is 2.67. The molecule has 1 aromatic rings. The van der Waals surface area contributed by atoms with Crippen LogP contribution in [0.5, 0.6) is 0 Å². The van der Waals surface area contributed by atoms with E-state index >= 15 is 0 Å². The second-order valence-electron chi connectivity index (χ2n) is 5.63. The smallest absolute Gasteiger partial charge is 0.337 e. The molecule has 1 saturated heterocycles. The van der Waals surface area contributed by atoms with Crippen LogP contribution in [0, 0.1) is 5.92 Å². The van der Waals surface area contributed by atoms with Gasteiger partial charge in [0, 0.05) is 32.6 Å². The first-order valence-electron chi connectivity index (χ1n) is 7.62. The number of ether oxygens (including phenoxy) is 2. The molecule has 0 aliphatic carbocycles. The molecule has 7 nitrogen and oxygen atoms in total. The molecule has 1 aliphatic rings. The van der Waals surface area contributed by atoms with Gasteiger partial charge in [-0.15, -0.1) is 0 Å². The van der Waals surface area contributed by atoms with Gasteiger partial charge in [0.25, 0.3) is 0 Å². The zero-order valence-electron chi connectivity index (χ0n) is 13.2. The summed E-state index contributed by atoms with van der Waals surface area (Å²) in [7, 11) is 1.59. The number of methoxy groups -OCH3 is 1. The second-order valence-corrected chi connectivity index (χ2v) is 5.63. The van der Waals surface area contributed by atoms with Crippen molar-refractivity contribution in [1.29, 1.82) is 0 Å². The number of likely N-dealkylation sites (tertiary alicyclic amines) is 1. The molecule has 0 bridgehead atoms. The van der Waals surface area contributed by atoms with Crippen molar-refractivity contribution >= 4 is 11.9 Å². The minimum Gasteiger partial charge on any atom is -0.478 e. The van der Waals surface area contributed by atoms with Crippen LogP contribution in [0.3, 0.4) is 0 Å². The molecule has 1 aliphatic heterocycles. The molecule has 0 spiro atoms. The Kier molecular flexibility index (Phi) is 6.49. The molecule has 0 saturated carbocycles. The van der Waals surface area contributed by atoms with Gasteiger partial charge in [-0.3, -0.25) is 9.78 Å². The van der Waals surface area contributed by atoms with Gasteiger partial charge in [-0.2, -0.15) is 0 Å². The van der Waals surface area contributed by atoms with Gasteiger partial charge in [-0.05, 0) is 30.4 Å². The Bertz CT molecular complexity index is 549.